The van der Waals surface area contributed by atoms with E-state index in [4.69, 9.17) is 10.8 Å². The van der Waals surface area contributed by atoms with Gasteiger partial charge in [-0.3, -0.25) is 0 Å². The molecule has 1 unspecified atom stereocenters. The molecule has 0 aliphatic carbocycles. The highest BCUT2D eigenvalue weighted by Crippen LogP contribution is 2.19. The molecular weight excluding hydrogens is 150 g/mol. The summed E-state index contributed by atoms with van der Waals surface area (Å²) in [5, 5.41) is 8.91. The number of aliphatic hydroxyl groups excluding tert-OH is 1. The zero-order valence-electron chi connectivity index (χ0n) is 7.54. The van der Waals surface area contributed by atoms with Crippen LogP contribution in [0.2, 0.25) is 0 Å². The van der Waals surface area contributed by atoms with Gasteiger partial charge < -0.3 is 10.8 Å². The Balaban J connectivity index is 2.96. The minimum Gasteiger partial charge on any atom is -0.399 e. The van der Waals surface area contributed by atoms with Gasteiger partial charge in [0, 0.05) is 18.2 Å². The molecule has 0 spiro atoms. The van der Waals surface area contributed by atoms with Crippen LogP contribution < -0.4 is 5.73 Å². The maximum absolute atomic E-state index is 8.91. The topological polar surface area (TPSA) is 46.2 Å². The van der Waals surface area contributed by atoms with Gasteiger partial charge in [-0.15, -0.1) is 0 Å². The zero-order valence-corrected chi connectivity index (χ0v) is 7.54. The van der Waals surface area contributed by atoms with E-state index < -0.39 is 0 Å². The van der Waals surface area contributed by atoms with Crippen LogP contribution in [-0.4, -0.2) is 11.7 Å². The lowest BCUT2D eigenvalue weighted by molar-refractivity contribution is 0.273. The first-order valence-electron chi connectivity index (χ1n) is 4.12. The average Bonchev–Trinajstić information content (AvgIpc) is 2.08. The zero-order chi connectivity index (χ0) is 9.14. The first-order valence-corrected chi connectivity index (χ1v) is 4.12. The van der Waals surface area contributed by atoms with Gasteiger partial charge >= 0.3 is 0 Å². The second-order valence-electron chi connectivity index (χ2n) is 3.20. The van der Waals surface area contributed by atoms with Crippen molar-refractivity contribution in [3.05, 3.63) is 29.3 Å². The predicted octanol–water partition coefficient (Wildman–Crippen LogP) is 1.67. The number of anilines is 1. The van der Waals surface area contributed by atoms with E-state index in [-0.39, 0.29) is 12.5 Å². The van der Waals surface area contributed by atoms with Gasteiger partial charge in [-0.1, -0.05) is 19.1 Å². The first-order chi connectivity index (χ1) is 5.65. The third kappa shape index (κ3) is 1.77. The van der Waals surface area contributed by atoms with E-state index in [2.05, 4.69) is 0 Å². The van der Waals surface area contributed by atoms with E-state index in [0.29, 0.717) is 0 Å². The number of hydrogen-bond acceptors (Lipinski definition) is 2. The minimum atomic E-state index is 0.169. The number of nitrogens with two attached hydrogens (primary N) is 1. The standard InChI is InChI=1S/C10H15NO/c1-7-3-4-9(5-10(7)11)8(2)6-12/h3-5,8,12H,6,11H2,1-2H3. The summed E-state index contributed by atoms with van der Waals surface area (Å²) in [5.41, 5.74) is 8.72. The fourth-order valence-electron chi connectivity index (χ4n) is 1.07. The Bertz CT molecular complexity index is 271. The fourth-order valence-corrected chi connectivity index (χ4v) is 1.07. The highest BCUT2D eigenvalue weighted by atomic mass is 16.3. The number of aliphatic hydroxyl groups is 1. The summed E-state index contributed by atoms with van der Waals surface area (Å²) in [6.07, 6.45) is 0. The number of benzene rings is 1. The van der Waals surface area contributed by atoms with E-state index in [9.17, 15) is 0 Å². The maximum Gasteiger partial charge on any atom is 0.0497 e. The van der Waals surface area contributed by atoms with Crippen LogP contribution in [0.5, 0.6) is 0 Å². The molecule has 66 valence electrons. The summed E-state index contributed by atoms with van der Waals surface area (Å²) < 4.78 is 0. The van der Waals surface area contributed by atoms with Crippen molar-refractivity contribution in [2.75, 3.05) is 12.3 Å². The lowest BCUT2D eigenvalue weighted by Crippen LogP contribution is -2.00. The van der Waals surface area contributed by atoms with Gasteiger partial charge in [0.2, 0.25) is 0 Å². The van der Waals surface area contributed by atoms with Gasteiger partial charge in [0.1, 0.15) is 0 Å². The van der Waals surface area contributed by atoms with Crippen molar-refractivity contribution >= 4 is 5.69 Å². The number of aryl methyl sites for hydroxylation is 1. The van der Waals surface area contributed by atoms with Crippen LogP contribution in [0.4, 0.5) is 5.69 Å². The van der Waals surface area contributed by atoms with E-state index in [1.54, 1.807) is 0 Å². The highest BCUT2D eigenvalue weighted by molar-refractivity contribution is 5.49. The molecule has 0 aliphatic heterocycles. The number of nitrogen functional groups attached to an aromatic ring is 1. The minimum absolute atomic E-state index is 0.169. The van der Waals surface area contributed by atoms with Gasteiger partial charge in [-0.25, -0.2) is 0 Å². The van der Waals surface area contributed by atoms with Crippen LogP contribution in [0, 0.1) is 6.92 Å². The number of hydrogen-bond donors (Lipinski definition) is 2. The molecule has 2 heteroatoms. The molecule has 2 nitrogen and oxygen atoms in total. The van der Waals surface area contributed by atoms with Gasteiger partial charge in [0.25, 0.3) is 0 Å². The lowest BCUT2D eigenvalue weighted by Gasteiger charge is -2.09. The summed E-state index contributed by atoms with van der Waals surface area (Å²) in [6.45, 7) is 4.12. The van der Waals surface area contributed by atoms with Crippen molar-refractivity contribution < 1.29 is 5.11 Å². The molecule has 0 aliphatic rings. The van der Waals surface area contributed by atoms with Crippen molar-refractivity contribution in [3.63, 3.8) is 0 Å². The molecule has 0 aromatic heterocycles. The van der Waals surface area contributed by atoms with Gasteiger partial charge in [0.15, 0.2) is 0 Å². The second kappa shape index (κ2) is 3.59. The lowest BCUT2D eigenvalue weighted by atomic mass is 10.00. The molecule has 0 bridgehead atoms. The van der Waals surface area contributed by atoms with Crippen molar-refractivity contribution in [3.8, 4) is 0 Å². The third-order valence-electron chi connectivity index (χ3n) is 2.15. The summed E-state index contributed by atoms with van der Waals surface area (Å²) in [6, 6.07) is 5.92. The molecule has 0 saturated heterocycles. The van der Waals surface area contributed by atoms with Crippen LogP contribution in [0.15, 0.2) is 18.2 Å². The Morgan fingerprint density at radius 3 is 2.67 bits per heavy atom. The van der Waals surface area contributed by atoms with Crippen LogP contribution in [0.25, 0.3) is 0 Å². The van der Waals surface area contributed by atoms with Crippen molar-refractivity contribution in [2.45, 2.75) is 19.8 Å². The SMILES string of the molecule is Cc1ccc(C(C)CO)cc1N. The molecule has 1 atom stereocenters. The molecular formula is C10H15NO. The Hall–Kier alpha value is -1.02. The van der Waals surface area contributed by atoms with Crippen molar-refractivity contribution in [2.24, 2.45) is 0 Å². The Labute approximate surface area is 73.0 Å². The largest absolute Gasteiger partial charge is 0.399 e. The molecule has 1 aromatic carbocycles. The van der Waals surface area contributed by atoms with Gasteiger partial charge in [-0.05, 0) is 24.1 Å². The normalized spacial score (nSPS) is 12.9. The van der Waals surface area contributed by atoms with Crippen molar-refractivity contribution in [1.82, 2.24) is 0 Å². The average molecular weight is 165 g/mol. The molecule has 12 heavy (non-hydrogen) atoms. The summed E-state index contributed by atoms with van der Waals surface area (Å²) in [4.78, 5) is 0. The number of rotatable bonds is 2. The van der Waals surface area contributed by atoms with Crippen LogP contribution in [0.1, 0.15) is 24.0 Å². The summed E-state index contributed by atoms with van der Waals surface area (Å²) in [7, 11) is 0. The van der Waals surface area contributed by atoms with E-state index >= 15 is 0 Å². The Morgan fingerprint density at radius 2 is 2.17 bits per heavy atom. The second-order valence-corrected chi connectivity index (χ2v) is 3.20. The molecule has 1 rings (SSSR count). The van der Waals surface area contributed by atoms with Crippen LogP contribution in [-0.2, 0) is 0 Å². The van der Waals surface area contributed by atoms with E-state index in [0.717, 1.165) is 16.8 Å². The van der Waals surface area contributed by atoms with Crippen LogP contribution in [0.3, 0.4) is 0 Å². The Morgan fingerprint density at radius 1 is 1.50 bits per heavy atom. The maximum atomic E-state index is 8.91. The molecule has 1 aromatic rings. The van der Waals surface area contributed by atoms with E-state index in [1.807, 2.05) is 32.0 Å². The monoisotopic (exact) mass is 165 g/mol. The smallest absolute Gasteiger partial charge is 0.0497 e. The molecule has 0 heterocycles. The molecule has 0 radical (unpaired) electrons. The molecule has 0 amide bonds. The van der Waals surface area contributed by atoms with Crippen LogP contribution >= 0.6 is 0 Å². The Kier molecular flexibility index (Phi) is 2.71. The molecule has 3 N–H and O–H groups in total. The first kappa shape index (κ1) is 9.07. The fraction of sp³-hybridized carbons (Fsp3) is 0.400. The quantitative estimate of drug-likeness (QED) is 0.655. The third-order valence-corrected chi connectivity index (χ3v) is 2.15. The van der Waals surface area contributed by atoms with Gasteiger partial charge in [0.05, 0.1) is 0 Å². The molecule has 0 saturated carbocycles. The summed E-state index contributed by atoms with van der Waals surface area (Å²) >= 11 is 0. The van der Waals surface area contributed by atoms with Crippen molar-refractivity contribution in [1.29, 1.82) is 0 Å². The predicted molar refractivity (Wildman–Crippen MR) is 51.1 cm³/mol. The molecule has 0 fully saturated rings. The highest BCUT2D eigenvalue weighted by Gasteiger charge is 2.04. The summed E-state index contributed by atoms with van der Waals surface area (Å²) in [5.74, 6) is 0.174. The van der Waals surface area contributed by atoms with E-state index in [1.165, 1.54) is 0 Å². The van der Waals surface area contributed by atoms with Gasteiger partial charge in [-0.2, -0.15) is 0 Å².